The normalized spacial score (nSPS) is 9.73. The highest BCUT2D eigenvalue weighted by atomic mass is 16.5. The van der Waals surface area contributed by atoms with Gasteiger partial charge in [0.15, 0.2) is 0 Å². The minimum absolute atomic E-state index is 0.247. The summed E-state index contributed by atoms with van der Waals surface area (Å²) in [4.78, 5) is 14.5. The van der Waals surface area contributed by atoms with Gasteiger partial charge in [-0.2, -0.15) is 0 Å². The van der Waals surface area contributed by atoms with Crippen molar-refractivity contribution in [1.29, 1.82) is 0 Å². The summed E-state index contributed by atoms with van der Waals surface area (Å²) >= 11 is 0. The molecule has 0 N–H and O–H groups in total. The number of carbonyl (C=O) groups excluding carboxylic acids is 1. The van der Waals surface area contributed by atoms with Gasteiger partial charge < -0.3 is 4.74 Å². The third-order valence-corrected chi connectivity index (χ3v) is 3.90. The average Bonchev–Trinajstić information content (AvgIpc) is 2.72. The van der Waals surface area contributed by atoms with Crippen molar-refractivity contribution in [3.8, 4) is 17.6 Å². The maximum absolute atomic E-state index is 12.8. The van der Waals surface area contributed by atoms with E-state index in [1.54, 1.807) is 12.0 Å². The van der Waals surface area contributed by atoms with Crippen LogP contribution < -0.4 is 9.64 Å². The minimum atomic E-state index is -0.247. The Morgan fingerprint density at radius 2 is 1.50 bits per heavy atom. The zero-order valence-electron chi connectivity index (χ0n) is 14.6. The van der Waals surface area contributed by atoms with E-state index in [0.717, 1.165) is 22.6 Å². The van der Waals surface area contributed by atoms with Crippen molar-refractivity contribution in [3.05, 3.63) is 96.1 Å². The number of hydrogen-bond donors (Lipinski definition) is 0. The average molecular weight is 341 g/mol. The Bertz CT molecular complexity index is 907. The van der Waals surface area contributed by atoms with Gasteiger partial charge in [-0.1, -0.05) is 54.5 Å². The maximum Gasteiger partial charge on any atom is 0.303 e. The van der Waals surface area contributed by atoms with Crippen LogP contribution in [0.3, 0.4) is 0 Å². The van der Waals surface area contributed by atoms with E-state index in [0.29, 0.717) is 6.54 Å². The number of rotatable bonds is 4. The molecule has 0 aliphatic rings. The van der Waals surface area contributed by atoms with Crippen LogP contribution >= 0.6 is 0 Å². The van der Waals surface area contributed by atoms with Crippen molar-refractivity contribution in [3.63, 3.8) is 0 Å². The molecule has 0 radical (unpaired) electrons. The monoisotopic (exact) mass is 341 g/mol. The molecule has 128 valence electrons. The van der Waals surface area contributed by atoms with Gasteiger partial charge in [0, 0.05) is 17.2 Å². The van der Waals surface area contributed by atoms with E-state index < -0.39 is 0 Å². The highest BCUT2D eigenvalue weighted by molar-refractivity contribution is 6.06. The number of anilines is 1. The fourth-order valence-corrected chi connectivity index (χ4v) is 2.52. The van der Waals surface area contributed by atoms with Crippen molar-refractivity contribution >= 4 is 11.6 Å². The smallest absolute Gasteiger partial charge is 0.303 e. The number of benzene rings is 3. The van der Waals surface area contributed by atoms with Crippen LogP contribution in [0.2, 0.25) is 0 Å². The van der Waals surface area contributed by atoms with Gasteiger partial charge in [0.1, 0.15) is 5.75 Å². The molecule has 0 unspecified atom stereocenters. The SMILES string of the molecule is COc1ccc(N(Cc2ccccc2)C(=O)C#Cc2ccccc2)cc1. The van der Waals surface area contributed by atoms with Gasteiger partial charge in [0.2, 0.25) is 0 Å². The van der Waals surface area contributed by atoms with E-state index in [4.69, 9.17) is 4.74 Å². The van der Waals surface area contributed by atoms with Crippen molar-refractivity contribution in [2.45, 2.75) is 6.54 Å². The lowest BCUT2D eigenvalue weighted by molar-refractivity contribution is -0.113. The van der Waals surface area contributed by atoms with Gasteiger partial charge in [-0.15, -0.1) is 0 Å². The summed E-state index contributed by atoms with van der Waals surface area (Å²) in [5.74, 6) is 6.19. The highest BCUT2D eigenvalue weighted by Crippen LogP contribution is 2.21. The number of methoxy groups -OCH3 is 1. The molecule has 0 spiro atoms. The molecule has 0 atom stereocenters. The molecule has 0 saturated heterocycles. The summed E-state index contributed by atoms with van der Waals surface area (Å²) in [6, 6.07) is 26.8. The lowest BCUT2D eigenvalue weighted by atomic mass is 10.2. The van der Waals surface area contributed by atoms with Gasteiger partial charge >= 0.3 is 5.91 Å². The predicted octanol–water partition coefficient (Wildman–Crippen LogP) is 4.28. The van der Waals surface area contributed by atoms with Crippen molar-refractivity contribution < 1.29 is 9.53 Å². The molecule has 0 aliphatic carbocycles. The van der Waals surface area contributed by atoms with E-state index in [1.807, 2.05) is 84.9 Å². The maximum atomic E-state index is 12.8. The summed E-state index contributed by atoms with van der Waals surface area (Å²) < 4.78 is 5.20. The van der Waals surface area contributed by atoms with Gasteiger partial charge in [-0.3, -0.25) is 9.69 Å². The van der Waals surface area contributed by atoms with Crippen LogP contribution in [0.4, 0.5) is 5.69 Å². The van der Waals surface area contributed by atoms with Gasteiger partial charge in [-0.25, -0.2) is 0 Å². The molecule has 0 fully saturated rings. The van der Waals surface area contributed by atoms with Gasteiger partial charge in [0.05, 0.1) is 13.7 Å². The first-order chi connectivity index (χ1) is 12.8. The number of carbonyl (C=O) groups is 1. The molecule has 1 amide bonds. The third-order valence-electron chi connectivity index (χ3n) is 3.90. The number of hydrogen-bond acceptors (Lipinski definition) is 2. The second kappa shape index (κ2) is 8.55. The van der Waals surface area contributed by atoms with Gasteiger partial charge in [-0.05, 0) is 42.0 Å². The molecule has 0 aliphatic heterocycles. The fourth-order valence-electron chi connectivity index (χ4n) is 2.52. The Hall–Kier alpha value is -3.51. The van der Waals surface area contributed by atoms with E-state index in [-0.39, 0.29) is 5.91 Å². The van der Waals surface area contributed by atoms with Crippen LogP contribution in [0.5, 0.6) is 5.75 Å². The van der Waals surface area contributed by atoms with E-state index >= 15 is 0 Å². The second-order valence-electron chi connectivity index (χ2n) is 5.69. The molecule has 0 heterocycles. The summed E-state index contributed by atoms with van der Waals surface area (Å²) in [6.45, 7) is 0.454. The molecule has 3 heteroatoms. The number of ether oxygens (including phenoxy) is 1. The van der Waals surface area contributed by atoms with Crippen molar-refractivity contribution in [2.75, 3.05) is 12.0 Å². The summed E-state index contributed by atoms with van der Waals surface area (Å²) in [5.41, 5.74) is 2.63. The highest BCUT2D eigenvalue weighted by Gasteiger charge is 2.14. The van der Waals surface area contributed by atoms with E-state index in [9.17, 15) is 4.79 Å². The first kappa shape index (κ1) is 17.3. The lowest BCUT2D eigenvalue weighted by Crippen LogP contribution is -2.29. The molecule has 3 aromatic rings. The molecule has 0 aromatic heterocycles. The Balaban J connectivity index is 1.88. The quantitative estimate of drug-likeness (QED) is 0.663. The van der Waals surface area contributed by atoms with Gasteiger partial charge in [0.25, 0.3) is 0 Å². The topological polar surface area (TPSA) is 29.5 Å². The molecule has 3 aromatic carbocycles. The first-order valence-electron chi connectivity index (χ1n) is 8.33. The van der Waals surface area contributed by atoms with Crippen LogP contribution in [0.25, 0.3) is 0 Å². The largest absolute Gasteiger partial charge is 0.497 e. The second-order valence-corrected chi connectivity index (χ2v) is 5.69. The van der Waals surface area contributed by atoms with Crippen LogP contribution in [0, 0.1) is 11.8 Å². The summed E-state index contributed by atoms with van der Waals surface area (Å²) in [6.07, 6.45) is 0. The number of amides is 1. The molecular weight excluding hydrogens is 322 g/mol. The van der Waals surface area contributed by atoms with Crippen LogP contribution in [0.15, 0.2) is 84.9 Å². The minimum Gasteiger partial charge on any atom is -0.497 e. The van der Waals surface area contributed by atoms with E-state index in [1.165, 1.54) is 0 Å². The Morgan fingerprint density at radius 3 is 2.12 bits per heavy atom. The predicted molar refractivity (Wildman–Crippen MR) is 104 cm³/mol. The van der Waals surface area contributed by atoms with E-state index in [2.05, 4.69) is 11.8 Å². The zero-order valence-corrected chi connectivity index (χ0v) is 14.6. The van der Waals surface area contributed by atoms with Crippen molar-refractivity contribution in [2.24, 2.45) is 0 Å². The van der Waals surface area contributed by atoms with Crippen LogP contribution in [0.1, 0.15) is 11.1 Å². The summed E-state index contributed by atoms with van der Waals surface area (Å²) in [5, 5.41) is 0. The molecule has 0 bridgehead atoms. The number of nitrogens with zero attached hydrogens (tertiary/aromatic N) is 1. The fraction of sp³-hybridized carbons (Fsp3) is 0.0870. The summed E-state index contributed by atoms with van der Waals surface area (Å²) in [7, 11) is 1.62. The Kier molecular flexibility index (Phi) is 5.69. The molecule has 26 heavy (non-hydrogen) atoms. The molecule has 3 nitrogen and oxygen atoms in total. The lowest BCUT2D eigenvalue weighted by Gasteiger charge is -2.20. The molecule has 0 saturated carbocycles. The Labute approximate surface area is 153 Å². The third kappa shape index (κ3) is 4.52. The first-order valence-corrected chi connectivity index (χ1v) is 8.33. The Morgan fingerprint density at radius 1 is 0.885 bits per heavy atom. The van der Waals surface area contributed by atoms with Crippen LogP contribution in [-0.2, 0) is 11.3 Å². The standard InChI is InChI=1S/C23H19NO2/c1-26-22-15-13-21(14-16-22)24(18-20-10-6-3-7-11-20)23(25)17-12-19-8-4-2-5-9-19/h2-11,13-16H,18H2,1H3. The molecule has 3 rings (SSSR count). The molecular formula is C23H19NO2. The zero-order chi connectivity index (χ0) is 18.2. The van der Waals surface area contributed by atoms with Crippen molar-refractivity contribution in [1.82, 2.24) is 0 Å². The van der Waals surface area contributed by atoms with Crippen LogP contribution in [-0.4, -0.2) is 13.0 Å².